The Morgan fingerprint density at radius 1 is 1.26 bits per heavy atom. The second-order valence-corrected chi connectivity index (χ2v) is 9.18. The molecule has 8 nitrogen and oxygen atoms in total. The number of nitrogens with zero attached hydrogens (tertiary/aromatic N) is 2. The van der Waals surface area contributed by atoms with Crippen molar-refractivity contribution in [3.8, 4) is 5.75 Å². The van der Waals surface area contributed by atoms with Crippen molar-refractivity contribution in [1.29, 1.82) is 0 Å². The van der Waals surface area contributed by atoms with E-state index in [-0.39, 0.29) is 29.3 Å². The SMILES string of the molecule is COc1cccc(CN(CC2CCCO2)C(=O)CN=C2NS(=O)(=O)c3ccccc32)c1. The highest BCUT2D eigenvalue weighted by Gasteiger charge is 2.30. The van der Waals surface area contributed by atoms with Crippen molar-refractivity contribution in [2.45, 2.75) is 30.4 Å². The Hall–Kier alpha value is -2.91. The second kappa shape index (κ2) is 9.07. The van der Waals surface area contributed by atoms with Gasteiger partial charge in [-0.15, -0.1) is 0 Å². The summed E-state index contributed by atoms with van der Waals surface area (Å²) in [6.45, 7) is 1.39. The Labute approximate surface area is 181 Å². The number of carbonyl (C=O) groups is 1. The fraction of sp³-hybridized carbons (Fsp3) is 0.364. The number of fused-ring (bicyclic) bond motifs is 1. The molecule has 1 N–H and O–H groups in total. The van der Waals surface area contributed by atoms with Gasteiger partial charge in [-0.25, -0.2) is 8.42 Å². The van der Waals surface area contributed by atoms with Crippen molar-refractivity contribution in [3.63, 3.8) is 0 Å². The number of methoxy groups -OCH3 is 1. The number of aliphatic imine (C=N–C) groups is 1. The van der Waals surface area contributed by atoms with Gasteiger partial charge in [-0.1, -0.05) is 24.3 Å². The number of sulfonamides is 1. The summed E-state index contributed by atoms with van der Waals surface area (Å²) in [6.07, 6.45) is 1.88. The molecule has 0 aromatic heterocycles. The smallest absolute Gasteiger partial charge is 0.263 e. The molecule has 0 saturated carbocycles. The number of amidine groups is 1. The van der Waals surface area contributed by atoms with E-state index in [0.717, 1.165) is 24.2 Å². The maximum absolute atomic E-state index is 13.1. The number of carbonyl (C=O) groups excluding carboxylic acids is 1. The fourth-order valence-electron chi connectivity index (χ4n) is 3.78. The monoisotopic (exact) mass is 443 g/mol. The average Bonchev–Trinajstić information content (AvgIpc) is 3.38. The lowest BCUT2D eigenvalue weighted by Gasteiger charge is -2.25. The first-order valence-corrected chi connectivity index (χ1v) is 11.6. The van der Waals surface area contributed by atoms with Crippen LogP contribution in [0.2, 0.25) is 0 Å². The molecule has 164 valence electrons. The predicted octanol–water partition coefficient (Wildman–Crippen LogP) is 1.94. The van der Waals surface area contributed by atoms with Crippen molar-refractivity contribution in [3.05, 3.63) is 59.7 Å². The summed E-state index contributed by atoms with van der Waals surface area (Å²) in [7, 11) is -2.04. The van der Waals surface area contributed by atoms with Crippen LogP contribution in [0.4, 0.5) is 0 Å². The molecule has 1 saturated heterocycles. The van der Waals surface area contributed by atoms with E-state index in [2.05, 4.69) is 9.71 Å². The van der Waals surface area contributed by atoms with Crippen LogP contribution in [0.25, 0.3) is 0 Å². The molecule has 2 aromatic rings. The van der Waals surface area contributed by atoms with E-state index in [1.807, 2.05) is 24.3 Å². The van der Waals surface area contributed by atoms with E-state index in [1.54, 1.807) is 30.2 Å². The lowest BCUT2D eigenvalue weighted by molar-refractivity contribution is -0.131. The van der Waals surface area contributed by atoms with Crippen LogP contribution in [-0.4, -0.2) is 58.0 Å². The fourth-order valence-corrected chi connectivity index (χ4v) is 5.03. The molecule has 0 spiro atoms. The average molecular weight is 444 g/mol. The third kappa shape index (κ3) is 4.88. The zero-order chi connectivity index (χ0) is 21.8. The van der Waals surface area contributed by atoms with Gasteiger partial charge in [0.1, 0.15) is 18.1 Å². The summed E-state index contributed by atoms with van der Waals surface area (Å²) in [5.74, 6) is 0.719. The molecule has 2 aliphatic rings. The number of hydrogen-bond acceptors (Lipinski definition) is 6. The lowest BCUT2D eigenvalue weighted by Crippen LogP contribution is -2.38. The molecule has 2 heterocycles. The molecule has 2 aromatic carbocycles. The van der Waals surface area contributed by atoms with Gasteiger partial charge in [0, 0.05) is 25.3 Å². The summed E-state index contributed by atoms with van der Waals surface area (Å²) in [4.78, 5) is 19.3. The van der Waals surface area contributed by atoms with Crippen LogP contribution in [0.15, 0.2) is 58.4 Å². The molecule has 2 aliphatic heterocycles. The third-order valence-corrected chi connectivity index (χ3v) is 6.74. The number of amides is 1. The zero-order valence-corrected chi connectivity index (χ0v) is 18.1. The highest BCUT2D eigenvalue weighted by Crippen LogP contribution is 2.22. The molecular formula is C22H25N3O5S. The Bertz CT molecular complexity index is 1090. The molecule has 0 radical (unpaired) electrons. The van der Waals surface area contributed by atoms with Crippen LogP contribution in [0.5, 0.6) is 5.75 Å². The van der Waals surface area contributed by atoms with Crippen LogP contribution in [0, 0.1) is 0 Å². The van der Waals surface area contributed by atoms with Crippen molar-refractivity contribution in [1.82, 2.24) is 9.62 Å². The van der Waals surface area contributed by atoms with Gasteiger partial charge < -0.3 is 14.4 Å². The summed E-state index contributed by atoms with van der Waals surface area (Å²) < 4.78 is 38.0. The van der Waals surface area contributed by atoms with E-state index in [0.29, 0.717) is 25.3 Å². The van der Waals surface area contributed by atoms with E-state index < -0.39 is 10.0 Å². The first-order valence-electron chi connectivity index (χ1n) is 10.2. The van der Waals surface area contributed by atoms with Gasteiger partial charge in [-0.2, -0.15) is 0 Å². The molecule has 0 bridgehead atoms. The molecule has 1 fully saturated rings. The van der Waals surface area contributed by atoms with Crippen LogP contribution in [-0.2, 0) is 26.1 Å². The van der Waals surface area contributed by atoms with Crippen molar-refractivity contribution in [2.24, 2.45) is 4.99 Å². The largest absolute Gasteiger partial charge is 0.497 e. The number of hydrogen-bond donors (Lipinski definition) is 1. The standard InChI is InChI=1S/C22H25N3O5S/c1-29-17-7-4-6-16(12-17)14-25(15-18-8-5-11-30-18)21(26)13-23-22-19-9-2-3-10-20(19)31(27,28)24-22/h2-4,6-7,9-10,12,18H,5,8,11,13-15H2,1H3,(H,23,24). The lowest BCUT2D eigenvalue weighted by atomic mass is 10.1. The highest BCUT2D eigenvalue weighted by molar-refractivity contribution is 7.90. The minimum Gasteiger partial charge on any atom is -0.497 e. The predicted molar refractivity (Wildman–Crippen MR) is 116 cm³/mol. The molecule has 1 amide bonds. The van der Waals surface area contributed by atoms with Gasteiger partial charge in [0.15, 0.2) is 0 Å². The molecule has 1 unspecified atom stereocenters. The summed E-state index contributed by atoms with van der Waals surface area (Å²) in [5.41, 5.74) is 1.42. The zero-order valence-electron chi connectivity index (χ0n) is 17.3. The highest BCUT2D eigenvalue weighted by atomic mass is 32.2. The maximum atomic E-state index is 13.1. The number of nitrogens with one attached hydrogen (secondary N) is 1. The topological polar surface area (TPSA) is 97.3 Å². The third-order valence-electron chi connectivity index (χ3n) is 5.34. The summed E-state index contributed by atoms with van der Waals surface area (Å²) in [5, 5.41) is 0. The van der Waals surface area contributed by atoms with E-state index >= 15 is 0 Å². The first-order chi connectivity index (χ1) is 15.0. The minimum atomic E-state index is -3.64. The quantitative estimate of drug-likeness (QED) is 0.705. The van der Waals surface area contributed by atoms with E-state index in [1.165, 1.54) is 6.07 Å². The molecule has 1 atom stereocenters. The van der Waals surface area contributed by atoms with E-state index in [4.69, 9.17) is 9.47 Å². The van der Waals surface area contributed by atoms with Crippen molar-refractivity contribution < 1.29 is 22.7 Å². The summed E-state index contributed by atoms with van der Waals surface area (Å²) in [6, 6.07) is 14.2. The minimum absolute atomic E-state index is 0.00656. The van der Waals surface area contributed by atoms with Crippen LogP contribution in [0.1, 0.15) is 24.0 Å². The second-order valence-electron chi connectivity index (χ2n) is 7.53. The molecular weight excluding hydrogens is 418 g/mol. The van der Waals surface area contributed by atoms with Gasteiger partial charge in [0.2, 0.25) is 5.91 Å². The Kier molecular flexibility index (Phi) is 6.24. The number of benzene rings is 2. The molecule has 9 heteroatoms. The summed E-state index contributed by atoms with van der Waals surface area (Å²) >= 11 is 0. The van der Waals surface area contributed by atoms with Crippen LogP contribution < -0.4 is 9.46 Å². The van der Waals surface area contributed by atoms with Crippen LogP contribution in [0.3, 0.4) is 0 Å². The van der Waals surface area contributed by atoms with Gasteiger partial charge in [0.25, 0.3) is 10.0 Å². The Balaban J connectivity index is 1.52. The maximum Gasteiger partial charge on any atom is 0.263 e. The number of rotatable bonds is 7. The van der Waals surface area contributed by atoms with Gasteiger partial charge in [-0.05, 0) is 42.7 Å². The van der Waals surface area contributed by atoms with Gasteiger partial charge in [-0.3, -0.25) is 14.5 Å². The van der Waals surface area contributed by atoms with Gasteiger partial charge in [0.05, 0.1) is 18.1 Å². The Morgan fingerprint density at radius 2 is 2.10 bits per heavy atom. The van der Waals surface area contributed by atoms with Crippen LogP contribution >= 0.6 is 0 Å². The first kappa shape index (κ1) is 21.3. The van der Waals surface area contributed by atoms with Gasteiger partial charge >= 0.3 is 0 Å². The normalized spacial score (nSPS) is 20.3. The molecule has 0 aliphatic carbocycles. The van der Waals surface area contributed by atoms with Crippen molar-refractivity contribution in [2.75, 3.05) is 26.8 Å². The number of ether oxygens (including phenoxy) is 2. The molecule has 4 rings (SSSR count). The van der Waals surface area contributed by atoms with Crippen molar-refractivity contribution >= 4 is 21.8 Å². The molecule has 31 heavy (non-hydrogen) atoms. The Morgan fingerprint density at radius 3 is 2.87 bits per heavy atom. The van der Waals surface area contributed by atoms with E-state index in [9.17, 15) is 13.2 Å².